The first-order valence-corrected chi connectivity index (χ1v) is 9.23. The lowest BCUT2D eigenvalue weighted by Crippen LogP contribution is -2.31. The van der Waals surface area contributed by atoms with Gasteiger partial charge in [0.1, 0.15) is 10.8 Å². The second-order valence-corrected chi connectivity index (χ2v) is 6.87. The van der Waals surface area contributed by atoms with Gasteiger partial charge in [0.25, 0.3) is 0 Å². The van der Waals surface area contributed by atoms with Crippen LogP contribution in [0, 0.1) is 5.92 Å². The molecule has 0 radical (unpaired) electrons. The molecule has 2 N–H and O–H groups in total. The number of halogens is 2. The van der Waals surface area contributed by atoms with Gasteiger partial charge in [0.2, 0.25) is 5.91 Å². The highest BCUT2D eigenvalue weighted by Crippen LogP contribution is 2.26. The number of rotatable bonds is 6. The van der Waals surface area contributed by atoms with Crippen molar-refractivity contribution in [2.75, 3.05) is 26.2 Å². The van der Waals surface area contributed by atoms with E-state index in [-0.39, 0.29) is 30.7 Å². The Morgan fingerprint density at radius 2 is 2.08 bits per heavy atom. The molecule has 26 heavy (non-hydrogen) atoms. The molecule has 3 rings (SSSR count). The van der Waals surface area contributed by atoms with Crippen LogP contribution in [0.15, 0.2) is 29.6 Å². The minimum Gasteiger partial charge on any atom is -0.494 e. The zero-order valence-corrected chi connectivity index (χ0v) is 17.2. The number of thiazole rings is 1. The number of benzene rings is 1. The molecule has 1 amide bonds. The monoisotopic (exact) mass is 417 g/mol. The molecule has 1 aromatic heterocycles. The van der Waals surface area contributed by atoms with Crippen LogP contribution in [0.4, 0.5) is 0 Å². The molecule has 0 bridgehead atoms. The average molecular weight is 418 g/mol. The van der Waals surface area contributed by atoms with Gasteiger partial charge in [0, 0.05) is 24.0 Å². The first-order chi connectivity index (χ1) is 11.7. The lowest BCUT2D eigenvalue weighted by atomic mass is 10.1. The maximum atomic E-state index is 12.4. The Kier molecular flexibility index (Phi) is 9.36. The van der Waals surface area contributed by atoms with E-state index in [2.05, 4.69) is 4.98 Å². The Morgan fingerprint density at radius 1 is 1.35 bits per heavy atom. The number of likely N-dealkylation sites (tertiary alicyclic amines) is 1. The van der Waals surface area contributed by atoms with Crippen LogP contribution in [0.5, 0.6) is 5.75 Å². The number of nitrogens with two attached hydrogens (primary N) is 1. The lowest BCUT2D eigenvalue weighted by molar-refractivity contribution is -0.129. The number of carbonyl (C=O) groups excluding carboxylic acids is 1. The quantitative estimate of drug-likeness (QED) is 0.781. The molecule has 2 aromatic rings. The summed E-state index contributed by atoms with van der Waals surface area (Å²) >= 11 is 1.57. The Balaban J connectivity index is 0.00000169. The van der Waals surface area contributed by atoms with Crippen molar-refractivity contribution in [2.24, 2.45) is 11.7 Å². The summed E-state index contributed by atoms with van der Waals surface area (Å²) in [7, 11) is 0. The Bertz CT molecular complexity index is 694. The Labute approximate surface area is 170 Å². The predicted molar refractivity (Wildman–Crippen MR) is 111 cm³/mol. The van der Waals surface area contributed by atoms with E-state index >= 15 is 0 Å². The normalized spacial score (nSPS) is 15.9. The van der Waals surface area contributed by atoms with Gasteiger partial charge in [-0.3, -0.25) is 4.79 Å². The molecule has 1 aromatic carbocycles. The summed E-state index contributed by atoms with van der Waals surface area (Å²) < 4.78 is 5.45. The van der Waals surface area contributed by atoms with Crippen LogP contribution < -0.4 is 10.5 Å². The molecule has 1 aliphatic heterocycles. The van der Waals surface area contributed by atoms with Crippen LogP contribution in [0.2, 0.25) is 0 Å². The molecule has 0 spiro atoms. The standard InChI is InChI=1S/C18H23N3O2S.2ClH/c1-2-23-16-5-3-14(4-6-16)18-20-15(12-24-18)9-17(22)21-8-7-13(10-19)11-21;;/h3-6,12-13H,2,7-11,19H2,1H3;2*1H. The molecule has 1 atom stereocenters. The summed E-state index contributed by atoms with van der Waals surface area (Å²) in [5.41, 5.74) is 7.57. The van der Waals surface area contributed by atoms with Crippen molar-refractivity contribution < 1.29 is 9.53 Å². The summed E-state index contributed by atoms with van der Waals surface area (Å²) in [6, 6.07) is 7.90. The van der Waals surface area contributed by atoms with Crippen molar-refractivity contribution in [1.82, 2.24) is 9.88 Å². The summed E-state index contributed by atoms with van der Waals surface area (Å²) in [5.74, 6) is 1.45. The molecule has 1 fully saturated rings. The second-order valence-electron chi connectivity index (χ2n) is 6.01. The Morgan fingerprint density at radius 3 is 2.69 bits per heavy atom. The first kappa shape index (κ1) is 22.7. The van der Waals surface area contributed by atoms with E-state index in [9.17, 15) is 4.79 Å². The van der Waals surface area contributed by atoms with Crippen LogP contribution in [0.1, 0.15) is 19.0 Å². The van der Waals surface area contributed by atoms with E-state index in [0.29, 0.717) is 25.5 Å². The summed E-state index contributed by atoms with van der Waals surface area (Å²) in [4.78, 5) is 18.9. The summed E-state index contributed by atoms with van der Waals surface area (Å²) in [6.45, 7) is 4.88. The molecule has 2 heterocycles. The van der Waals surface area contributed by atoms with Gasteiger partial charge in [0.15, 0.2) is 0 Å². The third-order valence-corrected chi connectivity index (χ3v) is 5.21. The van der Waals surface area contributed by atoms with Crippen molar-refractivity contribution in [3.05, 3.63) is 35.3 Å². The van der Waals surface area contributed by atoms with E-state index in [0.717, 1.165) is 41.5 Å². The largest absolute Gasteiger partial charge is 0.494 e. The maximum absolute atomic E-state index is 12.4. The topological polar surface area (TPSA) is 68.5 Å². The number of nitrogens with zero attached hydrogens (tertiary/aromatic N) is 2. The highest BCUT2D eigenvalue weighted by Gasteiger charge is 2.25. The highest BCUT2D eigenvalue weighted by molar-refractivity contribution is 7.13. The van der Waals surface area contributed by atoms with Crippen molar-refractivity contribution in [1.29, 1.82) is 0 Å². The van der Waals surface area contributed by atoms with Crippen LogP contribution in [-0.4, -0.2) is 42.0 Å². The third-order valence-electron chi connectivity index (χ3n) is 4.27. The van der Waals surface area contributed by atoms with Crippen molar-refractivity contribution >= 4 is 42.1 Å². The molecule has 0 aliphatic carbocycles. The molecule has 1 saturated heterocycles. The van der Waals surface area contributed by atoms with Crippen molar-refractivity contribution in [3.8, 4) is 16.3 Å². The maximum Gasteiger partial charge on any atom is 0.228 e. The van der Waals surface area contributed by atoms with Crippen molar-refractivity contribution in [3.63, 3.8) is 0 Å². The van der Waals surface area contributed by atoms with Crippen LogP contribution >= 0.6 is 36.2 Å². The fourth-order valence-corrected chi connectivity index (χ4v) is 3.73. The van der Waals surface area contributed by atoms with Gasteiger partial charge >= 0.3 is 0 Å². The number of hydrogen-bond acceptors (Lipinski definition) is 5. The van der Waals surface area contributed by atoms with Gasteiger partial charge in [-0.15, -0.1) is 36.2 Å². The van der Waals surface area contributed by atoms with Gasteiger partial charge in [-0.2, -0.15) is 0 Å². The number of hydrogen-bond donors (Lipinski definition) is 1. The zero-order chi connectivity index (χ0) is 16.9. The molecular weight excluding hydrogens is 393 g/mol. The number of carbonyl (C=O) groups is 1. The summed E-state index contributed by atoms with van der Waals surface area (Å²) in [5, 5.41) is 2.90. The smallest absolute Gasteiger partial charge is 0.228 e. The van der Waals surface area contributed by atoms with E-state index in [4.69, 9.17) is 10.5 Å². The van der Waals surface area contributed by atoms with Gasteiger partial charge in [-0.25, -0.2) is 4.98 Å². The lowest BCUT2D eigenvalue weighted by Gasteiger charge is -2.15. The van der Waals surface area contributed by atoms with Gasteiger partial charge in [0.05, 0.1) is 18.7 Å². The van der Waals surface area contributed by atoms with Crippen molar-refractivity contribution in [2.45, 2.75) is 19.8 Å². The van der Waals surface area contributed by atoms with Crippen LogP contribution in [0.25, 0.3) is 10.6 Å². The molecular formula is C18H25Cl2N3O2S. The predicted octanol–water partition coefficient (Wildman–Crippen LogP) is 3.40. The second kappa shape index (κ2) is 10.7. The van der Waals surface area contributed by atoms with Gasteiger partial charge in [-0.05, 0) is 50.1 Å². The summed E-state index contributed by atoms with van der Waals surface area (Å²) in [6.07, 6.45) is 1.38. The van der Waals surface area contributed by atoms with E-state index in [1.807, 2.05) is 41.5 Å². The molecule has 1 aliphatic rings. The molecule has 8 heteroatoms. The van der Waals surface area contributed by atoms with Gasteiger partial charge < -0.3 is 15.4 Å². The minimum absolute atomic E-state index is 0. The van der Waals surface area contributed by atoms with E-state index < -0.39 is 0 Å². The Hall–Kier alpha value is -1.34. The number of amides is 1. The zero-order valence-electron chi connectivity index (χ0n) is 14.7. The third kappa shape index (κ3) is 5.58. The number of aromatic nitrogens is 1. The molecule has 5 nitrogen and oxygen atoms in total. The van der Waals surface area contributed by atoms with Crippen LogP contribution in [-0.2, 0) is 11.2 Å². The minimum atomic E-state index is 0. The fraction of sp³-hybridized carbons (Fsp3) is 0.444. The molecule has 144 valence electrons. The molecule has 0 saturated carbocycles. The molecule has 1 unspecified atom stereocenters. The first-order valence-electron chi connectivity index (χ1n) is 8.35. The number of ether oxygens (including phenoxy) is 1. The fourth-order valence-electron chi connectivity index (χ4n) is 2.90. The SMILES string of the molecule is CCOc1ccc(-c2nc(CC(=O)N3CCC(CN)C3)cs2)cc1.Cl.Cl. The average Bonchev–Trinajstić information content (AvgIpc) is 3.25. The van der Waals surface area contributed by atoms with E-state index in [1.165, 1.54) is 0 Å². The van der Waals surface area contributed by atoms with E-state index in [1.54, 1.807) is 11.3 Å². The van der Waals surface area contributed by atoms with Crippen LogP contribution in [0.3, 0.4) is 0 Å². The van der Waals surface area contributed by atoms with Gasteiger partial charge in [-0.1, -0.05) is 0 Å². The highest BCUT2D eigenvalue weighted by atomic mass is 35.5.